The van der Waals surface area contributed by atoms with Crippen molar-refractivity contribution in [3.8, 4) is 0 Å². The first kappa shape index (κ1) is 26.6. The first-order valence-corrected chi connectivity index (χ1v) is 14.9. The van der Waals surface area contributed by atoms with E-state index in [0.717, 1.165) is 80.9 Å². The van der Waals surface area contributed by atoms with Crippen molar-refractivity contribution in [2.75, 3.05) is 75.9 Å². The number of aryl methyl sites for hydroxylation is 1. The molecular formula is C29H41F2N7O2. The van der Waals surface area contributed by atoms with Crippen LogP contribution in [0.1, 0.15) is 60.7 Å². The highest BCUT2D eigenvalue weighted by Crippen LogP contribution is 2.46. The van der Waals surface area contributed by atoms with Gasteiger partial charge in [-0.3, -0.25) is 9.58 Å². The number of ether oxygens (including phenoxy) is 2. The van der Waals surface area contributed by atoms with Gasteiger partial charge in [0.1, 0.15) is 17.1 Å². The number of halogens is 2. The second kappa shape index (κ2) is 10.5. The molecule has 1 spiro atoms. The predicted molar refractivity (Wildman–Crippen MR) is 148 cm³/mol. The molecular weight excluding hydrogens is 516 g/mol. The summed E-state index contributed by atoms with van der Waals surface area (Å²) in [5.41, 5.74) is 3.56. The fraction of sp³-hybridized carbons (Fsp3) is 0.724. The van der Waals surface area contributed by atoms with Crippen molar-refractivity contribution in [3.05, 3.63) is 34.8 Å². The zero-order valence-electron chi connectivity index (χ0n) is 23.6. The lowest BCUT2D eigenvalue weighted by molar-refractivity contribution is -0.116. The maximum atomic E-state index is 14.4. The minimum atomic E-state index is -2.58. The molecule has 0 saturated carbocycles. The van der Waals surface area contributed by atoms with Crippen LogP contribution in [0.25, 0.3) is 0 Å². The van der Waals surface area contributed by atoms with Gasteiger partial charge in [-0.25, -0.2) is 13.8 Å². The summed E-state index contributed by atoms with van der Waals surface area (Å²) >= 11 is 0. The number of aromatic nitrogens is 3. The van der Waals surface area contributed by atoms with E-state index >= 15 is 0 Å². The molecule has 7 heterocycles. The third-order valence-electron chi connectivity index (χ3n) is 9.97. The van der Waals surface area contributed by atoms with E-state index in [4.69, 9.17) is 9.47 Å². The maximum absolute atomic E-state index is 14.4. The average molecular weight is 558 g/mol. The van der Waals surface area contributed by atoms with Crippen molar-refractivity contribution in [3.63, 3.8) is 0 Å². The largest absolute Gasteiger partial charge is 0.382 e. The van der Waals surface area contributed by atoms with Crippen LogP contribution in [-0.2, 0) is 21.5 Å². The molecule has 5 aliphatic heterocycles. The number of nitrogens with one attached hydrogen (secondary N) is 1. The summed E-state index contributed by atoms with van der Waals surface area (Å²) in [5, 5.41) is 8.11. The molecule has 3 atom stereocenters. The number of piperidine rings is 1. The zero-order valence-corrected chi connectivity index (χ0v) is 23.6. The first-order valence-electron chi connectivity index (χ1n) is 14.9. The van der Waals surface area contributed by atoms with Crippen molar-refractivity contribution in [1.29, 1.82) is 0 Å². The number of hydrogen-bond donors (Lipinski definition) is 1. The molecule has 2 aromatic rings. The van der Waals surface area contributed by atoms with Crippen LogP contribution in [0.5, 0.6) is 0 Å². The summed E-state index contributed by atoms with van der Waals surface area (Å²) in [6.07, 6.45) is 3.51. The first-order chi connectivity index (χ1) is 19.5. The van der Waals surface area contributed by atoms with Crippen molar-refractivity contribution < 1.29 is 18.3 Å². The number of fused-ring (bicyclic) bond motifs is 5. The summed E-state index contributed by atoms with van der Waals surface area (Å²) in [5.74, 6) is 0.675. The van der Waals surface area contributed by atoms with E-state index < -0.39 is 12.0 Å². The van der Waals surface area contributed by atoms with Gasteiger partial charge in [-0.2, -0.15) is 5.10 Å². The van der Waals surface area contributed by atoms with E-state index in [-0.39, 0.29) is 11.7 Å². The Balaban J connectivity index is 1.14. The van der Waals surface area contributed by atoms with E-state index in [1.165, 1.54) is 0 Å². The molecule has 0 radical (unpaired) electrons. The molecule has 1 N–H and O–H groups in total. The van der Waals surface area contributed by atoms with Crippen molar-refractivity contribution in [1.82, 2.24) is 25.0 Å². The maximum Gasteiger partial charge on any atom is 0.280 e. The molecule has 5 aliphatic rings. The molecule has 218 valence electrons. The summed E-state index contributed by atoms with van der Waals surface area (Å²) < 4.78 is 43.0. The van der Waals surface area contributed by atoms with Crippen LogP contribution in [0.4, 0.5) is 20.3 Å². The minimum Gasteiger partial charge on any atom is -0.382 e. The van der Waals surface area contributed by atoms with Crippen LogP contribution in [0.15, 0.2) is 12.3 Å². The average Bonchev–Trinajstić information content (AvgIpc) is 3.30. The fourth-order valence-corrected chi connectivity index (χ4v) is 7.91. The Labute approximate surface area is 234 Å². The van der Waals surface area contributed by atoms with Crippen LogP contribution in [-0.4, -0.2) is 97.9 Å². The number of hydrogen-bond acceptors (Lipinski definition) is 8. The molecule has 0 bridgehead atoms. The van der Waals surface area contributed by atoms with Gasteiger partial charge >= 0.3 is 0 Å². The van der Waals surface area contributed by atoms with Crippen LogP contribution in [0.2, 0.25) is 0 Å². The molecule has 3 fully saturated rings. The smallest absolute Gasteiger partial charge is 0.280 e. The summed E-state index contributed by atoms with van der Waals surface area (Å²) in [7, 11) is 1.70. The minimum absolute atomic E-state index is 0.0238. The molecule has 2 aromatic heterocycles. The van der Waals surface area contributed by atoms with Crippen LogP contribution >= 0.6 is 0 Å². The number of piperazine rings is 1. The lowest BCUT2D eigenvalue weighted by Crippen LogP contribution is -2.69. The Hall–Kier alpha value is -2.34. The lowest BCUT2D eigenvalue weighted by atomic mass is 9.84. The predicted octanol–water partition coefficient (Wildman–Crippen LogP) is 3.04. The van der Waals surface area contributed by atoms with E-state index in [0.29, 0.717) is 50.6 Å². The van der Waals surface area contributed by atoms with Gasteiger partial charge in [-0.15, -0.1) is 0 Å². The molecule has 40 heavy (non-hydrogen) atoms. The number of methoxy groups -OCH3 is 1. The molecule has 3 unspecified atom stereocenters. The molecule has 7 rings (SSSR count). The molecule has 0 aliphatic carbocycles. The van der Waals surface area contributed by atoms with Crippen LogP contribution < -0.4 is 15.1 Å². The van der Waals surface area contributed by atoms with Gasteiger partial charge in [0, 0.05) is 82.3 Å². The molecule has 9 nitrogen and oxygen atoms in total. The van der Waals surface area contributed by atoms with Crippen LogP contribution in [0, 0.1) is 6.92 Å². The molecule has 11 heteroatoms. The standard InChI is InChI=1S/C29H41F2N7O2/c1-19-15-33-38-20(17-39-2)18-40-29(27(19)38)6-10-36(11-7-29)25-14-23-21(26(34-25)28(30)31)4-3-5-22-24(16-37(22)23)35-12-8-32-9-13-35/h14-15,20,22,24,28,32H,3-13,16-18H2,1-2H3. The Morgan fingerprint density at radius 1 is 1.18 bits per heavy atom. The molecule has 0 aromatic carbocycles. The number of nitrogens with zero attached hydrogens (tertiary/aromatic N) is 6. The Morgan fingerprint density at radius 3 is 2.73 bits per heavy atom. The van der Waals surface area contributed by atoms with E-state index in [2.05, 4.69) is 47.8 Å². The van der Waals surface area contributed by atoms with Gasteiger partial charge in [-0.05, 0) is 44.6 Å². The van der Waals surface area contributed by atoms with Crippen LogP contribution in [0.3, 0.4) is 0 Å². The number of anilines is 2. The SMILES string of the molecule is COCC1COC2(CCN(c3cc4c(c(C(F)F)n3)CCCC3C(N5CCNCC5)CN43)CC2)c2c(C)cnn21. The summed E-state index contributed by atoms with van der Waals surface area (Å²) in [6.45, 7) is 9.67. The normalized spacial score (nSPS) is 28.2. The van der Waals surface area contributed by atoms with Gasteiger partial charge in [0.2, 0.25) is 0 Å². The van der Waals surface area contributed by atoms with E-state index in [1.54, 1.807) is 7.11 Å². The number of pyridine rings is 1. The highest BCUT2D eigenvalue weighted by Gasteiger charge is 2.47. The molecule has 3 saturated heterocycles. The second-order valence-electron chi connectivity index (χ2n) is 12.2. The third-order valence-corrected chi connectivity index (χ3v) is 9.97. The summed E-state index contributed by atoms with van der Waals surface area (Å²) in [4.78, 5) is 11.8. The van der Waals surface area contributed by atoms with Gasteiger partial charge in [0.15, 0.2) is 0 Å². The monoisotopic (exact) mass is 557 g/mol. The Morgan fingerprint density at radius 2 is 1.98 bits per heavy atom. The number of rotatable bonds is 5. The second-order valence-corrected chi connectivity index (χ2v) is 12.2. The quantitative estimate of drug-likeness (QED) is 0.602. The molecule has 0 amide bonds. The third kappa shape index (κ3) is 4.31. The highest BCUT2D eigenvalue weighted by molar-refractivity contribution is 5.66. The topological polar surface area (TPSA) is 70.9 Å². The fourth-order valence-electron chi connectivity index (χ4n) is 7.91. The van der Waals surface area contributed by atoms with E-state index in [1.807, 2.05) is 6.20 Å². The summed E-state index contributed by atoms with van der Waals surface area (Å²) in [6, 6.07) is 3.07. The van der Waals surface area contributed by atoms with Crippen molar-refractivity contribution in [2.45, 2.75) is 69.2 Å². The lowest BCUT2D eigenvalue weighted by Gasteiger charge is -2.54. The van der Waals surface area contributed by atoms with Gasteiger partial charge < -0.3 is 24.6 Å². The van der Waals surface area contributed by atoms with Gasteiger partial charge in [-0.1, -0.05) is 0 Å². The number of alkyl halides is 2. The zero-order chi connectivity index (χ0) is 27.4. The van der Waals surface area contributed by atoms with E-state index in [9.17, 15) is 8.78 Å². The van der Waals surface area contributed by atoms with Crippen molar-refractivity contribution in [2.24, 2.45) is 0 Å². The van der Waals surface area contributed by atoms with Gasteiger partial charge in [0.25, 0.3) is 6.43 Å². The Bertz CT molecular complexity index is 1230. The van der Waals surface area contributed by atoms with Gasteiger partial charge in [0.05, 0.1) is 31.1 Å². The highest BCUT2D eigenvalue weighted by atomic mass is 19.3. The Kier molecular flexibility index (Phi) is 6.96. The van der Waals surface area contributed by atoms with Crippen molar-refractivity contribution >= 4 is 11.5 Å².